The summed E-state index contributed by atoms with van der Waals surface area (Å²) in [6, 6.07) is 10.3. The van der Waals surface area contributed by atoms with Gasteiger partial charge in [-0.3, -0.25) is 0 Å². The van der Waals surface area contributed by atoms with E-state index in [4.69, 9.17) is 0 Å². The van der Waals surface area contributed by atoms with Crippen molar-refractivity contribution in [3.63, 3.8) is 0 Å². The van der Waals surface area contributed by atoms with E-state index in [-0.39, 0.29) is 6.04 Å². The molecule has 0 saturated carbocycles. The van der Waals surface area contributed by atoms with Gasteiger partial charge in [0.2, 0.25) is 5.95 Å². The number of aromatic nitrogens is 4. The molecule has 5 rings (SSSR count). The van der Waals surface area contributed by atoms with Crippen molar-refractivity contribution in [3.05, 3.63) is 48.7 Å². The molecule has 0 aliphatic carbocycles. The molecule has 1 atom stereocenters. The first-order chi connectivity index (χ1) is 12.8. The third-order valence-electron chi connectivity index (χ3n) is 4.95. The number of fused-ring (bicyclic) bond motifs is 2. The smallest absolute Gasteiger partial charge is 0.234 e. The van der Waals surface area contributed by atoms with Gasteiger partial charge in [-0.15, -0.1) is 5.10 Å². The van der Waals surface area contributed by atoms with E-state index in [1.165, 1.54) is 10.7 Å². The van der Waals surface area contributed by atoms with Gasteiger partial charge >= 0.3 is 0 Å². The summed E-state index contributed by atoms with van der Waals surface area (Å²) >= 11 is 0. The molecule has 3 N–H and O–H groups in total. The minimum atomic E-state index is -0.466. The summed E-state index contributed by atoms with van der Waals surface area (Å²) in [5.41, 5.74) is 3.39. The number of benzene rings is 1. The molecule has 1 aromatic carbocycles. The van der Waals surface area contributed by atoms with Crippen LogP contribution in [0.1, 0.15) is 12.8 Å². The number of imidazole rings is 1. The number of para-hydroxylation sites is 1. The van der Waals surface area contributed by atoms with Gasteiger partial charge in [0.25, 0.3) is 0 Å². The second kappa shape index (κ2) is 6.10. The molecule has 3 aromatic heterocycles. The van der Waals surface area contributed by atoms with Gasteiger partial charge in [0, 0.05) is 40.8 Å². The molecular weight excluding hydrogens is 331 g/mol. The lowest BCUT2D eigenvalue weighted by molar-refractivity contribution is 0.477. The molecule has 1 saturated heterocycles. The molecule has 6 nitrogen and oxygen atoms in total. The van der Waals surface area contributed by atoms with E-state index in [2.05, 4.69) is 31.8 Å². The Morgan fingerprint density at radius 2 is 2.15 bits per heavy atom. The molecule has 7 heteroatoms. The summed E-state index contributed by atoms with van der Waals surface area (Å²) in [4.78, 5) is 7.52. The summed E-state index contributed by atoms with van der Waals surface area (Å²) in [6.45, 7) is 1.93. The van der Waals surface area contributed by atoms with Crippen molar-refractivity contribution in [2.75, 3.05) is 18.4 Å². The largest absolute Gasteiger partial charge is 0.365 e. The summed E-state index contributed by atoms with van der Waals surface area (Å²) < 4.78 is 15.5. The van der Waals surface area contributed by atoms with Crippen molar-refractivity contribution in [1.29, 1.82) is 0 Å². The van der Waals surface area contributed by atoms with E-state index in [0.29, 0.717) is 11.5 Å². The number of halogens is 1. The SMILES string of the molecule is Fc1cnc2c(-c3c[nH]c4ccccc34)cc(NC3CCCNC3)nn12. The molecule has 1 aliphatic heterocycles. The average Bonchev–Trinajstić information content (AvgIpc) is 3.26. The second-order valence-electron chi connectivity index (χ2n) is 6.70. The van der Waals surface area contributed by atoms with Crippen LogP contribution in [0.3, 0.4) is 0 Å². The van der Waals surface area contributed by atoms with E-state index in [1.807, 2.05) is 30.5 Å². The van der Waals surface area contributed by atoms with E-state index in [9.17, 15) is 4.39 Å². The number of H-pyrrole nitrogens is 1. The Kier molecular flexibility index (Phi) is 3.60. The molecule has 1 aliphatic rings. The van der Waals surface area contributed by atoms with Gasteiger partial charge in [-0.2, -0.15) is 8.91 Å². The van der Waals surface area contributed by atoms with E-state index in [1.54, 1.807) is 0 Å². The molecule has 0 bridgehead atoms. The van der Waals surface area contributed by atoms with Gasteiger partial charge in [-0.25, -0.2) is 4.98 Å². The van der Waals surface area contributed by atoms with Crippen LogP contribution in [-0.2, 0) is 0 Å². The van der Waals surface area contributed by atoms with Crippen LogP contribution in [0.2, 0.25) is 0 Å². The Bertz CT molecular complexity index is 1080. The number of nitrogens with one attached hydrogen (secondary N) is 3. The van der Waals surface area contributed by atoms with Crippen LogP contribution in [0.25, 0.3) is 27.7 Å². The zero-order chi connectivity index (χ0) is 17.5. The predicted octanol–water partition coefficient (Wildman–Crippen LogP) is 3.18. The molecule has 4 heterocycles. The number of hydrogen-bond acceptors (Lipinski definition) is 4. The van der Waals surface area contributed by atoms with Crippen molar-refractivity contribution in [3.8, 4) is 11.1 Å². The van der Waals surface area contributed by atoms with Gasteiger partial charge in [-0.05, 0) is 31.5 Å². The standard InChI is InChI=1S/C19H19FN6/c20-17-11-23-19-14(15-10-22-16-6-2-1-5-13(15)16)8-18(25-26(17)19)24-12-4-3-7-21-9-12/h1-2,5-6,8,10-12,21-22H,3-4,7,9H2,(H,24,25). The second-order valence-corrected chi connectivity index (χ2v) is 6.70. The minimum Gasteiger partial charge on any atom is -0.365 e. The van der Waals surface area contributed by atoms with Crippen LogP contribution in [-0.4, -0.2) is 38.7 Å². The van der Waals surface area contributed by atoms with Crippen LogP contribution in [0.4, 0.5) is 10.2 Å². The maximum Gasteiger partial charge on any atom is 0.234 e. The van der Waals surface area contributed by atoms with Crippen molar-refractivity contribution < 1.29 is 4.39 Å². The molecule has 1 unspecified atom stereocenters. The fourth-order valence-corrected chi connectivity index (χ4v) is 3.69. The first-order valence-electron chi connectivity index (χ1n) is 8.87. The zero-order valence-corrected chi connectivity index (χ0v) is 14.2. The Balaban J connectivity index is 1.66. The number of anilines is 1. The summed E-state index contributed by atoms with van der Waals surface area (Å²) in [5.74, 6) is 0.190. The van der Waals surface area contributed by atoms with E-state index < -0.39 is 5.95 Å². The number of rotatable bonds is 3. The number of nitrogens with zero attached hydrogens (tertiary/aromatic N) is 3. The lowest BCUT2D eigenvalue weighted by atomic mass is 10.1. The normalized spacial score (nSPS) is 17.8. The van der Waals surface area contributed by atoms with Gasteiger partial charge in [0.1, 0.15) is 5.82 Å². The van der Waals surface area contributed by atoms with Gasteiger partial charge in [-0.1, -0.05) is 18.2 Å². The van der Waals surface area contributed by atoms with Crippen molar-refractivity contribution in [1.82, 2.24) is 24.9 Å². The van der Waals surface area contributed by atoms with E-state index >= 15 is 0 Å². The Morgan fingerprint density at radius 1 is 1.23 bits per heavy atom. The topological polar surface area (TPSA) is 70.0 Å². The minimum absolute atomic E-state index is 0.288. The molecule has 0 spiro atoms. The highest BCUT2D eigenvalue weighted by Gasteiger charge is 2.18. The molecule has 1 fully saturated rings. The average molecular weight is 350 g/mol. The molecule has 0 amide bonds. The third-order valence-corrected chi connectivity index (χ3v) is 4.95. The molecular formula is C19H19FN6. The van der Waals surface area contributed by atoms with Crippen LogP contribution in [0, 0.1) is 5.95 Å². The highest BCUT2D eigenvalue weighted by Crippen LogP contribution is 2.32. The van der Waals surface area contributed by atoms with Crippen LogP contribution >= 0.6 is 0 Å². The molecule has 132 valence electrons. The molecule has 0 radical (unpaired) electrons. The number of piperidine rings is 1. The highest BCUT2D eigenvalue weighted by molar-refractivity contribution is 5.99. The lowest BCUT2D eigenvalue weighted by Gasteiger charge is -2.24. The summed E-state index contributed by atoms with van der Waals surface area (Å²) in [7, 11) is 0. The van der Waals surface area contributed by atoms with Gasteiger partial charge in [0.15, 0.2) is 5.65 Å². The van der Waals surface area contributed by atoms with Crippen molar-refractivity contribution in [2.24, 2.45) is 0 Å². The maximum absolute atomic E-state index is 14.2. The number of aromatic amines is 1. The quantitative estimate of drug-likeness (QED) is 0.531. The fraction of sp³-hybridized carbons (Fsp3) is 0.263. The van der Waals surface area contributed by atoms with Crippen LogP contribution in [0.15, 0.2) is 42.7 Å². The predicted molar refractivity (Wildman–Crippen MR) is 99.8 cm³/mol. The zero-order valence-electron chi connectivity index (χ0n) is 14.2. The Labute approximate surface area is 149 Å². The van der Waals surface area contributed by atoms with Crippen LogP contribution < -0.4 is 10.6 Å². The lowest BCUT2D eigenvalue weighted by Crippen LogP contribution is -2.38. The highest BCUT2D eigenvalue weighted by atomic mass is 19.1. The van der Waals surface area contributed by atoms with E-state index in [0.717, 1.165) is 48.0 Å². The summed E-state index contributed by atoms with van der Waals surface area (Å²) in [5, 5.41) is 12.3. The fourth-order valence-electron chi connectivity index (χ4n) is 3.69. The van der Waals surface area contributed by atoms with Gasteiger partial charge < -0.3 is 15.6 Å². The Morgan fingerprint density at radius 3 is 3.04 bits per heavy atom. The van der Waals surface area contributed by atoms with Gasteiger partial charge in [0.05, 0.1) is 6.20 Å². The first kappa shape index (κ1) is 15.3. The maximum atomic E-state index is 14.2. The Hall–Kier alpha value is -2.93. The van der Waals surface area contributed by atoms with Crippen molar-refractivity contribution >= 4 is 22.4 Å². The monoisotopic (exact) mass is 350 g/mol. The van der Waals surface area contributed by atoms with Crippen molar-refractivity contribution in [2.45, 2.75) is 18.9 Å². The third kappa shape index (κ3) is 2.52. The molecule has 4 aromatic rings. The van der Waals surface area contributed by atoms with Crippen LogP contribution in [0.5, 0.6) is 0 Å². The molecule has 26 heavy (non-hydrogen) atoms. The number of hydrogen-bond donors (Lipinski definition) is 3. The summed E-state index contributed by atoms with van der Waals surface area (Å²) in [6.07, 6.45) is 5.35. The first-order valence-corrected chi connectivity index (χ1v) is 8.87.